The van der Waals surface area contributed by atoms with Gasteiger partial charge in [0.05, 0.1) is 12.8 Å². The van der Waals surface area contributed by atoms with E-state index in [-0.39, 0.29) is 5.91 Å². The van der Waals surface area contributed by atoms with Crippen molar-refractivity contribution in [3.8, 4) is 5.75 Å². The molecule has 6 nitrogen and oxygen atoms in total. The third-order valence-electron chi connectivity index (χ3n) is 4.23. The van der Waals surface area contributed by atoms with E-state index in [1.807, 2.05) is 34.6 Å². The molecule has 0 aliphatic carbocycles. The number of likely N-dealkylation sites (N-methyl/N-ethyl adjacent to an activating group) is 1. The molecule has 1 fully saturated rings. The Labute approximate surface area is 130 Å². The van der Waals surface area contributed by atoms with E-state index in [4.69, 9.17) is 4.74 Å². The maximum atomic E-state index is 13.0. The number of rotatable bonds is 3. The van der Waals surface area contributed by atoms with E-state index in [1.54, 1.807) is 7.11 Å². The summed E-state index contributed by atoms with van der Waals surface area (Å²) < 4.78 is 7.22. The highest BCUT2D eigenvalue weighted by atomic mass is 16.5. The summed E-state index contributed by atoms with van der Waals surface area (Å²) in [6.07, 6.45) is 2.60. The van der Waals surface area contributed by atoms with E-state index in [9.17, 15) is 4.79 Å². The summed E-state index contributed by atoms with van der Waals surface area (Å²) in [4.78, 5) is 21.7. The van der Waals surface area contributed by atoms with Crippen molar-refractivity contribution in [2.24, 2.45) is 0 Å². The summed E-state index contributed by atoms with van der Waals surface area (Å²) in [5, 5.41) is 0. The van der Waals surface area contributed by atoms with Gasteiger partial charge in [0.2, 0.25) is 0 Å². The lowest BCUT2D eigenvalue weighted by Crippen LogP contribution is -2.47. The van der Waals surface area contributed by atoms with Gasteiger partial charge >= 0.3 is 0 Å². The fourth-order valence-electron chi connectivity index (χ4n) is 2.88. The highest BCUT2D eigenvalue weighted by Crippen LogP contribution is 2.23. The Morgan fingerprint density at radius 2 is 2.05 bits per heavy atom. The summed E-state index contributed by atoms with van der Waals surface area (Å²) in [5.41, 5.74) is 2.20. The van der Waals surface area contributed by atoms with Gasteiger partial charge in [-0.2, -0.15) is 0 Å². The molecule has 118 valence electrons. The lowest BCUT2D eigenvalue weighted by molar-refractivity contribution is 0.0656. The molecule has 0 unspecified atom stereocenters. The first-order chi connectivity index (χ1) is 10.7. The fourth-order valence-corrected chi connectivity index (χ4v) is 2.88. The number of fused-ring (bicyclic) bond motifs is 1. The fraction of sp³-hybridized carbons (Fsp3) is 0.500. The number of ether oxygens (including phenoxy) is 1. The van der Waals surface area contributed by atoms with E-state index >= 15 is 0 Å². The second kappa shape index (κ2) is 5.96. The van der Waals surface area contributed by atoms with E-state index < -0.39 is 0 Å². The maximum Gasteiger partial charge on any atom is 0.272 e. The van der Waals surface area contributed by atoms with Gasteiger partial charge in [0.15, 0.2) is 11.4 Å². The van der Waals surface area contributed by atoms with Crippen LogP contribution in [0.5, 0.6) is 5.75 Å². The number of aromatic nitrogens is 2. The number of hydrogen-bond donors (Lipinski definition) is 0. The second-order valence-corrected chi connectivity index (χ2v) is 5.63. The second-order valence-electron chi connectivity index (χ2n) is 5.63. The van der Waals surface area contributed by atoms with Gasteiger partial charge in [-0.1, -0.05) is 6.92 Å². The van der Waals surface area contributed by atoms with Gasteiger partial charge in [-0.05, 0) is 25.6 Å². The number of methoxy groups -OCH3 is 1. The van der Waals surface area contributed by atoms with E-state index in [2.05, 4.69) is 16.9 Å². The van der Waals surface area contributed by atoms with E-state index in [0.717, 1.165) is 38.3 Å². The number of carbonyl (C=O) groups excluding carboxylic acids is 1. The molecule has 1 aliphatic rings. The van der Waals surface area contributed by atoms with E-state index in [1.165, 1.54) is 0 Å². The molecule has 1 amide bonds. The van der Waals surface area contributed by atoms with Gasteiger partial charge in [-0.15, -0.1) is 0 Å². The number of nitrogens with zero attached hydrogens (tertiary/aromatic N) is 4. The topological polar surface area (TPSA) is 50.1 Å². The number of imidazole rings is 1. The van der Waals surface area contributed by atoms with E-state index in [0.29, 0.717) is 17.1 Å². The Morgan fingerprint density at radius 1 is 1.32 bits per heavy atom. The summed E-state index contributed by atoms with van der Waals surface area (Å²) in [5.74, 6) is 0.750. The van der Waals surface area contributed by atoms with Crippen LogP contribution in [0, 0.1) is 0 Å². The summed E-state index contributed by atoms with van der Waals surface area (Å²) >= 11 is 0. The SMILES string of the molecule is CCc1nc2c(OC)cccn2c1C(=O)N1CCN(C)CC1. The Bertz CT molecular complexity index is 687. The van der Waals surface area contributed by atoms with Crippen LogP contribution in [0.25, 0.3) is 5.65 Å². The highest BCUT2D eigenvalue weighted by molar-refractivity contribution is 5.95. The number of carbonyl (C=O) groups is 1. The minimum atomic E-state index is 0.0608. The molecule has 2 aromatic heterocycles. The molecule has 0 N–H and O–H groups in total. The Balaban J connectivity index is 2.03. The Morgan fingerprint density at radius 3 is 2.68 bits per heavy atom. The van der Waals surface area contributed by atoms with Crippen molar-refractivity contribution in [1.29, 1.82) is 0 Å². The van der Waals surface area contributed by atoms with Gasteiger partial charge in [-0.3, -0.25) is 9.20 Å². The molecule has 0 bridgehead atoms. The molecule has 22 heavy (non-hydrogen) atoms. The molecule has 0 saturated carbocycles. The van der Waals surface area contributed by atoms with Crippen LogP contribution in [-0.2, 0) is 6.42 Å². The number of hydrogen-bond acceptors (Lipinski definition) is 4. The standard InChI is InChI=1S/C16H22N4O2/c1-4-12-14(16(21)19-10-8-18(2)9-11-19)20-7-5-6-13(22-3)15(20)17-12/h5-7H,4,8-11H2,1-3H3. The van der Waals surface area contributed by atoms with Crippen molar-refractivity contribution in [3.05, 3.63) is 29.7 Å². The first kappa shape index (κ1) is 14.8. The maximum absolute atomic E-state index is 13.0. The van der Waals surface area contributed by atoms with Crippen LogP contribution in [0.1, 0.15) is 23.1 Å². The smallest absolute Gasteiger partial charge is 0.272 e. The number of amides is 1. The van der Waals surface area contributed by atoms with Crippen molar-refractivity contribution in [2.45, 2.75) is 13.3 Å². The molecule has 0 spiro atoms. The first-order valence-electron chi connectivity index (χ1n) is 7.67. The Kier molecular flexibility index (Phi) is 4.02. The van der Waals surface area contributed by atoms with Crippen LogP contribution >= 0.6 is 0 Å². The van der Waals surface area contributed by atoms with Crippen molar-refractivity contribution >= 4 is 11.6 Å². The molecular formula is C16H22N4O2. The average molecular weight is 302 g/mol. The minimum Gasteiger partial charge on any atom is -0.493 e. The molecule has 6 heteroatoms. The van der Waals surface area contributed by atoms with Gasteiger partial charge in [-0.25, -0.2) is 4.98 Å². The molecule has 1 saturated heterocycles. The van der Waals surface area contributed by atoms with Crippen LogP contribution < -0.4 is 4.74 Å². The third kappa shape index (κ3) is 2.43. The predicted molar refractivity (Wildman–Crippen MR) is 84.5 cm³/mol. The molecule has 0 aromatic carbocycles. The van der Waals surface area contributed by atoms with Crippen LogP contribution in [0.4, 0.5) is 0 Å². The van der Waals surface area contributed by atoms with Gasteiger partial charge in [0.1, 0.15) is 5.69 Å². The zero-order chi connectivity index (χ0) is 15.7. The van der Waals surface area contributed by atoms with Crippen LogP contribution in [-0.4, -0.2) is 65.4 Å². The molecule has 1 aliphatic heterocycles. The lowest BCUT2D eigenvalue weighted by Gasteiger charge is -2.32. The predicted octanol–water partition coefficient (Wildman–Crippen LogP) is 1.29. The van der Waals surface area contributed by atoms with Crippen LogP contribution in [0.3, 0.4) is 0 Å². The van der Waals surface area contributed by atoms with Gasteiger partial charge < -0.3 is 14.5 Å². The van der Waals surface area contributed by atoms with Gasteiger partial charge in [0.25, 0.3) is 5.91 Å². The molecule has 2 aromatic rings. The largest absolute Gasteiger partial charge is 0.493 e. The summed E-state index contributed by atoms with van der Waals surface area (Å²) in [6.45, 7) is 5.36. The average Bonchev–Trinajstić information content (AvgIpc) is 2.93. The normalized spacial score (nSPS) is 16.2. The molecule has 0 radical (unpaired) electrons. The minimum absolute atomic E-state index is 0.0608. The number of aryl methyl sites for hydroxylation is 1. The van der Waals surface area contributed by atoms with Crippen molar-refractivity contribution in [3.63, 3.8) is 0 Å². The highest BCUT2D eigenvalue weighted by Gasteiger charge is 2.26. The zero-order valence-electron chi connectivity index (χ0n) is 13.4. The van der Waals surface area contributed by atoms with Crippen molar-refractivity contribution < 1.29 is 9.53 Å². The third-order valence-corrected chi connectivity index (χ3v) is 4.23. The van der Waals surface area contributed by atoms with Crippen LogP contribution in [0.15, 0.2) is 18.3 Å². The molecule has 3 rings (SSSR count). The van der Waals surface area contributed by atoms with Crippen molar-refractivity contribution in [1.82, 2.24) is 19.2 Å². The molecular weight excluding hydrogens is 280 g/mol. The summed E-state index contributed by atoms with van der Waals surface area (Å²) in [6, 6.07) is 3.75. The van der Waals surface area contributed by atoms with Gasteiger partial charge in [0, 0.05) is 32.4 Å². The zero-order valence-corrected chi connectivity index (χ0v) is 13.4. The summed E-state index contributed by atoms with van der Waals surface area (Å²) in [7, 11) is 3.70. The lowest BCUT2D eigenvalue weighted by atomic mass is 10.2. The number of pyridine rings is 1. The first-order valence-corrected chi connectivity index (χ1v) is 7.67. The quantitative estimate of drug-likeness (QED) is 0.857. The Hall–Kier alpha value is -2.08. The number of piperazine rings is 1. The van der Waals surface area contributed by atoms with Crippen molar-refractivity contribution in [2.75, 3.05) is 40.3 Å². The van der Waals surface area contributed by atoms with Crippen LogP contribution in [0.2, 0.25) is 0 Å². The molecule has 3 heterocycles. The molecule has 0 atom stereocenters. The monoisotopic (exact) mass is 302 g/mol.